The molecule has 0 saturated heterocycles. The van der Waals surface area contributed by atoms with Gasteiger partial charge in [0.15, 0.2) is 0 Å². The molecule has 0 aliphatic carbocycles. The van der Waals surface area contributed by atoms with Gasteiger partial charge in [-0.25, -0.2) is 0 Å². The fraction of sp³-hybridized carbons (Fsp3) is 0.579. The fourth-order valence-corrected chi connectivity index (χ4v) is 2.93. The van der Waals surface area contributed by atoms with E-state index in [1.807, 2.05) is 30.3 Å². The minimum absolute atomic E-state index is 0.807. The van der Waals surface area contributed by atoms with E-state index in [0.717, 1.165) is 25.2 Å². The van der Waals surface area contributed by atoms with Crippen molar-refractivity contribution in [3.8, 4) is 5.75 Å². The summed E-state index contributed by atoms with van der Waals surface area (Å²) in [5.74, 6) is 0.976. The van der Waals surface area contributed by atoms with Crippen molar-refractivity contribution < 1.29 is 4.74 Å². The highest BCUT2D eigenvalue weighted by atomic mass is 127. The van der Waals surface area contributed by atoms with Crippen LogP contribution in [0.15, 0.2) is 40.0 Å². The number of para-hydroxylation sites is 1. The third kappa shape index (κ3) is 10.8. The van der Waals surface area contributed by atoms with E-state index in [9.17, 15) is 0 Å². The molecule has 0 bridgehead atoms. The molecule has 0 N–H and O–H groups in total. The zero-order valence-corrected chi connectivity index (χ0v) is 15.5. The van der Waals surface area contributed by atoms with Crippen LogP contribution >= 0.6 is 22.6 Å². The average molecular weight is 400 g/mol. The Labute approximate surface area is 144 Å². The van der Waals surface area contributed by atoms with Crippen molar-refractivity contribution in [1.29, 1.82) is 0 Å². The van der Waals surface area contributed by atoms with Gasteiger partial charge in [0.05, 0.1) is 6.61 Å². The van der Waals surface area contributed by atoms with Gasteiger partial charge in [-0.1, -0.05) is 63.3 Å². The molecule has 1 nitrogen and oxygen atoms in total. The molecule has 0 fully saturated rings. The highest BCUT2D eigenvalue weighted by Gasteiger charge is 1.95. The molecule has 0 aromatic heterocycles. The van der Waals surface area contributed by atoms with Crippen LogP contribution in [-0.2, 0) is 0 Å². The van der Waals surface area contributed by atoms with Crippen LogP contribution in [0.1, 0.15) is 64.7 Å². The lowest BCUT2D eigenvalue weighted by atomic mass is 10.1. The molecule has 0 heterocycles. The summed E-state index contributed by atoms with van der Waals surface area (Å²) in [4.78, 5) is 0. The second-order valence-corrected chi connectivity index (χ2v) is 6.86. The summed E-state index contributed by atoms with van der Waals surface area (Å²) < 4.78 is 7.19. The standard InChI is InChI=1S/C19H29IO/c1-2-3-4-5-6-7-9-13-18(20)14-12-17-21-19-15-10-8-11-16-19/h8,10-11,13,15-16H,2-7,9,12,14,17H2,1H3/b18-13+. The van der Waals surface area contributed by atoms with Gasteiger partial charge in [-0.3, -0.25) is 0 Å². The second-order valence-electron chi connectivity index (χ2n) is 5.47. The van der Waals surface area contributed by atoms with Crippen molar-refractivity contribution in [3.63, 3.8) is 0 Å². The molecule has 118 valence electrons. The summed E-state index contributed by atoms with van der Waals surface area (Å²) in [5.41, 5.74) is 0. The van der Waals surface area contributed by atoms with E-state index in [4.69, 9.17) is 4.74 Å². The van der Waals surface area contributed by atoms with Crippen LogP contribution < -0.4 is 4.74 Å². The van der Waals surface area contributed by atoms with Gasteiger partial charge in [0.25, 0.3) is 0 Å². The monoisotopic (exact) mass is 400 g/mol. The summed E-state index contributed by atoms with van der Waals surface area (Å²) in [7, 11) is 0. The Morgan fingerprint density at radius 1 is 1.00 bits per heavy atom. The Morgan fingerprint density at radius 2 is 1.71 bits per heavy atom. The lowest BCUT2D eigenvalue weighted by Gasteiger charge is -2.05. The molecule has 1 rings (SSSR count). The Balaban J connectivity index is 1.97. The molecule has 0 spiro atoms. The average Bonchev–Trinajstić information content (AvgIpc) is 2.52. The minimum Gasteiger partial charge on any atom is -0.494 e. The summed E-state index contributed by atoms with van der Waals surface area (Å²) in [6.07, 6.45) is 14.2. The minimum atomic E-state index is 0.807. The summed E-state index contributed by atoms with van der Waals surface area (Å²) >= 11 is 2.48. The van der Waals surface area contributed by atoms with Crippen LogP contribution in [0.4, 0.5) is 0 Å². The van der Waals surface area contributed by atoms with Crippen molar-refractivity contribution in [3.05, 3.63) is 40.0 Å². The third-order valence-electron chi connectivity index (χ3n) is 3.50. The maximum Gasteiger partial charge on any atom is 0.119 e. The Hall–Kier alpha value is -0.510. The zero-order chi connectivity index (χ0) is 15.2. The van der Waals surface area contributed by atoms with Crippen LogP contribution in [0.2, 0.25) is 0 Å². The zero-order valence-electron chi connectivity index (χ0n) is 13.3. The van der Waals surface area contributed by atoms with Gasteiger partial charge in [0, 0.05) is 0 Å². The SMILES string of the molecule is CCCCCCCC/C=C(/I)CCCOc1ccccc1. The highest BCUT2D eigenvalue weighted by Crippen LogP contribution is 2.17. The topological polar surface area (TPSA) is 9.23 Å². The van der Waals surface area contributed by atoms with E-state index in [1.165, 1.54) is 48.5 Å². The summed E-state index contributed by atoms with van der Waals surface area (Å²) in [6, 6.07) is 10.1. The molecule has 0 radical (unpaired) electrons. The van der Waals surface area contributed by atoms with Crippen LogP contribution in [0.5, 0.6) is 5.75 Å². The summed E-state index contributed by atoms with van der Waals surface area (Å²) in [5, 5.41) is 0. The molecule has 1 aromatic rings. The number of hydrogen-bond donors (Lipinski definition) is 0. The first kappa shape index (κ1) is 18.5. The van der Waals surface area contributed by atoms with E-state index in [1.54, 1.807) is 0 Å². The van der Waals surface area contributed by atoms with Gasteiger partial charge in [-0.05, 0) is 64.0 Å². The lowest BCUT2D eigenvalue weighted by molar-refractivity contribution is 0.312. The summed E-state index contributed by atoms with van der Waals surface area (Å²) in [6.45, 7) is 3.08. The number of ether oxygens (including phenoxy) is 1. The molecule has 21 heavy (non-hydrogen) atoms. The van der Waals surface area contributed by atoms with Gasteiger partial charge in [-0.15, -0.1) is 0 Å². The second kappa shape index (κ2) is 13.2. The van der Waals surface area contributed by atoms with Crippen LogP contribution in [0.3, 0.4) is 0 Å². The molecular weight excluding hydrogens is 371 g/mol. The quantitative estimate of drug-likeness (QED) is 0.273. The van der Waals surface area contributed by atoms with E-state index in [-0.39, 0.29) is 0 Å². The maximum atomic E-state index is 5.71. The number of halogens is 1. The van der Waals surface area contributed by atoms with Crippen molar-refractivity contribution in [1.82, 2.24) is 0 Å². The van der Waals surface area contributed by atoms with Gasteiger partial charge < -0.3 is 4.74 Å². The van der Waals surface area contributed by atoms with Crippen LogP contribution in [-0.4, -0.2) is 6.61 Å². The number of unbranched alkanes of at least 4 members (excludes halogenated alkanes) is 6. The third-order valence-corrected chi connectivity index (χ3v) is 4.48. The number of rotatable bonds is 12. The van der Waals surface area contributed by atoms with E-state index in [0.29, 0.717) is 0 Å². The number of allylic oxidation sites excluding steroid dienone is 2. The molecule has 1 aromatic carbocycles. The molecular formula is C19H29IO. The molecule has 2 heteroatoms. The van der Waals surface area contributed by atoms with E-state index >= 15 is 0 Å². The first-order valence-electron chi connectivity index (χ1n) is 8.35. The largest absolute Gasteiger partial charge is 0.494 e. The van der Waals surface area contributed by atoms with Crippen molar-refractivity contribution in [2.75, 3.05) is 6.61 Å². The predicted octanol–water partition coefficient (Wildman–Crippen LogP) is 6.92. The van der Waals surface area contributed by atoms with Gasteiger partial charge in [-0.2, -0.15) is 0 Å². The Bertz CT molecular complexity index is 372. The predicted molar refractivity (Wildman–Crippen MR) is 101 cm³/mol. The van der Waals surface area contributed by atoms with Crippen molar-refractivity contribution in [2.24, 2.45) is 0 Å². The smallest absolute Gasteiger partial charge is 0.119 e. The number of hydrogen-bond acceptors (Lipinski definition) is 1. The van der Waals surface area contributed by atoms with Gasteiger partial charge >= 0.3 is 0 Å². The van der Waals surface area contributed by atoms with E-state index < -0.39 is 0 Å². The molecule has 0 amide bonds. The normalized spacial score (nSPS) is 11.6. The molecule has 0 atom stereocenters. The maximum absolute atomic E-state index is 5.71. The lowest BCUT2D eigenvalue weighted by Crippen LogP contribution is -1.96. The van der Waals surface area contributed by atoms with Crippen LogP contribution in [0, 0.1) is 0 Å². The van der Waals surface area contributed by atoms with Gasteiger partial charge in [0.2, 0.25) is 0 Å². The first-order chi connectivity index (χ1) is 10.3. The van der Waals surface area contributed by atoms with Crippen molar-refractivity contribution in [2.45, 2.75) is 64.7 Å². The molecule has 0 aliphatic heterocycles. The van der Waals surface area contributed by atoms with E-state index in [2.05, 4.69) is 35.6 Å². The Kier molecular flexibility index (Phi) is 11.6. The first-order valence-corrected chi connectivity index (χ1v) is 9.43. The van der Waals surface area contributed by atoms with Crippen molar-refractivity contribution >= 4 is 22.6 Å². The highest BCUT2D eigenvalue weighted by molar-refractivity contribution is 14.1. The Morgan fingerprint density at radius 3 is 2.48 bits per heavy atom. The van der Waals surface area contributed by atoms with Gasteiger partial charge in [0.1, 0.15) is 5.75 Å². The molecule has 0 saturated carbocycles. The molecule has 0 unspecified atom stereocenters. The van der Waals surface area contributed by atoms with Crippen LogP contribution in [0.25, 0.3) is 0 Å². The fourth-order valence-electron chi connectivity index (χ4n) is 2.23. The molecule has 0 aliphatic rings. The number of benzene rings is 1.